The third-order valence-electron chi connectivity index (χ3n) is 2.74. The van der Waals surface area contributed by atoms with Gasteiger partial charge in [-0.1, -0.05) is 79.4 Å². The average Bonchev–Trinajstić information content (AvgIpc) is 2.52. The predicted octanol–water partition coefficient (Wildman–Crippen LogP) is 4.94. The van der Waals surface area contributed by atoms with Gasteiger partial charge in [0.15, 0.2) is 0 Å². The van der Waals surface area contributed by atoms with E-state index in [9.17, 15) is 0 Å². The highest BCUT2D eigenvalue weighted by Gasteiger charge is 1.88. The SMILES string of the molecule is C=C(/C=C/c1ccccc1)OC/C=C/c1ccccc1. The van der Waals surface area contributed by atoms with Gasteiger partial charge in [0.05, 0.1) is 0 Å². The van der Waals surface area contributed by atoms with Gasteiger partial charge in [0, 0.05) is 0 Å². The third kappa shape index (κ3) is 4.99. The fourth-order valence-corrected chi connectivity index (χ4v) is 1.70. The molecule has 0 saturated carbocycles. The lowest BCUT2D eigenvalue weighted by Gasteiger charge is -2.01. The molecule has 2 rings (SSSR count). The second-order valence-electron chi connectivity index (χ2n) is 4.33. The number of benzene rings is 2. The van der Waals surface area contributed by atoms with Crippen LogP contribution in [0.5, 0.6) is 0 Å². The first-order valence-corrected chi connectivity index (χ1v) is 6.61. The molecule has 20 heavy (non-hydrogen) atoms. The van der Waals surface area contributed by atoms with Gasteiger partial charge >= 0.3 is 0 Å². The third-order valence-corrected chi connectivity index (χ3v) is 2.74. The van der Waals surface area contributed by atoms with E-state index in [1.54, 1.807) is 0 Å². The first-order chi connectivity index (χ1) is 9.84. The molecule has 0 N–H and O–H groups in total. The molecule has 0 saturated heterocycles. The average molecular weight is 262 g/mol. The van der Waals surface area contributed by atoms with Crippen LogP contribution in [-0.2, 0) is 4.74 Å². The zero-order valence-electron chi connectivity index (χ0n) is 11.4. The van der Waals surface area contributed by atoms with Crippen molar-refractivity contribution < 1.29 is 4.74 Å². The topological polar surface area (TPSA) is 9.23 Å². The minimum Gasteiger partial charge on any atom is -0.490 e. The van der Waals surface area contributed by atoms with Crippen molar-refractivity contribution >= 4 is 12.2 Å². The molecule has 0 unspecified atom stereocenters. The summed E-state index contributed by atoms with van der Waals surface area (Å²) in [6, 6.07) is 20.2. The Balaban J connectivity index is 1.76. The fraction of sp³-hybridized carbons (Fsp3) is 0.0526. The first-order valence-electron chi connectivity index (χ1n) is 6.61. The molecular formula is C19H18O. The Kier molecular flexibility index (Phi) is 5.41. The van der Waals surface area contributed by atoms with E-state index < -0.39 is 0 Å². The van der Waals surface area contributed by atoms with Crippen molar-refractivity contribution in [3.05, 3.63) is 96.3 Å². The molecule has 2 aromatic rings. The van der Waals surface area contributed by atoms with Crippen molar-refractivity contribution in [1.29, 1.82) is 0 Å². The van der Waals surface area contributed by atoms with Gasteiger partial charge in [-0.3, -0.25) is 0 Å². The maximum absolute atomic E-state index is 5.52. The number of hydrogen-bond donors (Lipinski definition) is 0. The van der Waals surface area contributed by atoms with E-state index in [4.69, 9.17) is 4.74 Å². The molecule has 0 fully saturated rings. The van der Waals surface area contributed by atoms with Gasteiger partial charge in [0.1, 0.15) is 12.4 Å². The van der Waals surface area contributed by atoms with Crippen LogP contribution < -0.4 is 0 Å². The second kappa shape index (κ2) is 7.80. The molecule has 1 heteroatoms. The Morgan fingerprint density at radius 3 is 2.00 bits per heavy atom. The zero-order valence-corrected chi connectivity index (χ0v) is 11.4. The Hall–Kier alpha value is -2.54. The van der Waals surface area contributed by atoms with Crippen LogP contribution in [-0.4, -0.2) is 6.61 Å². The summed E-state index contributed by atoms with van der Waals surface area (Å²) >= 11 is 0. The van der Waals surface area contributed by atoms with Crippen molar-refractivity contribution in [3.8, 4) is 0 Å². The Morgan fingerprint density at radius 1 is 0.850 bits per heavy atom. The predicted molar refractivity (Wildman–Crippen MR) is 86.0 cm³/mol. The van der Waals surface area contributed by atoms with E-state index in [-0.39, 0.29) is 0 Å². The number of allylic oxidation sites excluding steroid dienone is 1. The minimum absolute atomic E-state index is 0.521. The van der Waals surface area contributed by atoms with Gasteiger partial charge in [-0.15, -0.1) is 0 Å². The molecule has 0 amide bonds. The number of ether oxygens (including phenoxy) is 1. The smallest absolute Gasteiger partial charge is 0.112 e. The molecule has 0 radical (unpaired) electrons. The quantitative estimate of drug-likeness (QED) is 0.529. The lowest BCUT2D eigenvalue weighted by atomic mass is 10.2. The molecule has 0 aliphatic carbocycles. The van der Waals surface area contributed by atoms with Gasteiger partial charge in [0.2, 0.25) is 0 Å². The molecular weight excluding hydrogens is 244 g/mol. The fourth-order valence-electron chi connectivity index (χ4n) is 1.70. The summed E-state index contributed by atoms with van der Waals surface area (Å²) in [5, 5.41) is 0. The van der Waals surface area contributed by atoms with Crippen LogP contribution in [0.15, 0.2) is 85.2 Å². The van der Waals surface area contributed by atoms with Gasteiger partial charge in [-0.25, -0.2) is 0 Å². The normalized spacial score (nSPS) is 11.0. The van der Waals surface area contributed by atoms with E-state index in [2.05, 4.69) is 18.7 Å². The number of hydrogen-bond acceptors (Lipinski definition) is 1. The minimum atomic E-state index is 0.521. The second-order valence-corrected chi connectivity index (χ2v) is 4.33. The van der Waals surface area contributed by atoms with Crippen molar-refractivity contribution in [3.63, 3.8) is 0 Å². The van der Waals surface area contributed by atoms with Crippen LogP contribution in [0.3, 0.4) is 0 Å². The standard InChI is InChI=1S/C19H18O/c1-17(14-15-19-11-6-3-7-12-19)20-16-8-13-18-9-4-2-5-10-18/h2-15H,1,16H2/b13-8+,15-14+. The largest absolute Gasteiger partial charge is 0.490 e. The number of rotatable bonds is 6. The Morgan fingerprint density at radius 2 is 1.40 bits per heavy atom. The van der Waals surface area contributed by atoms with Crippen LogP contribution in [0.4, 0.5) is 0 Å². The van der Waals surface area contributed by atoms with Gasteiger partial charge in [-0.05, 0) is 23.3 Å². The summed E-state index contributed by atoms with van der Waals surface area (Å²) in [4.78, 5) is 0. The molecule has 100 valence electrons. The lowest BCUT2D eigenvalue weighted by Crippen LogP contribution is -1.87. The van der Waals surface area contributed by atoms with Gasteiger partial charge < -0.3 is 4.74 Å². The van der Waals surface area contributed by atoms with E-state index in [1.807, 2.05) is 72.8 Å². The summed E-state index contributed by atoms with van der Waals surface area (Å²) < 4.78 is 5.52. The maximum atomic E-state index is 5.52. The highest BCUT2D eigenvalue weighted by Crippen LogP contribution is 2.05. The molecule has 0 bridgehead atoms. The lowest BCUT2D eigenvalue weighted by molar-refractivity contribution is 0.264. The van der Waals surface area contributed by atoms with Gasteiger partial charge in [-0.2, -0.15) is 0 Å². The van der Waals surface area contributed by atoms with Crippen LogP contribution in [0.1, 0.15) is 11.1 Å². The zero-order chi connectivity index (χ0) is 14.0. The van der Waals surface area contributed by atoms with E-state index >= 15 is 0 Å². The molecule has 0 heterocycles. The van der Waals surface area contributed by atoms with Crippen molar-refractivity contribution in [2.45, 2.75) is 0 Å². The summed E-state index contributed by atoms with van der Waals surface area (Å²) in [5.74, 6) is 0.659. The van der Waals surface area contributed by atoms with Gasteiger partial charge in [0.25, 0.3) is 0 Å². The van der Waals surface area contributed by atoms with Crippen molar-refractivity contribution in [2.75, 3.05) is 6.61 Å². The molecule has 0 aliphatic heterocycles. The van der Waals surface area contributed by atoms with Crippen LogP contribution >= 0.6 is 0 Å². The molecule has 0 aliphatic rings. The highest BCUT2D eigenvalue weighted by atomic mass is 16.5. The van der Waals surface area contributed by atoms with Crippen LogP contribution in [0.2, 0.25) is 0 Å². The highest BCUT2D eigenvalue weighted by molar-refractivity contribution is 5.51. The Bertz CT molecular complexity index is 580. The Labute approximate surface area is 120 Å². The summed E-state index contributed by atoms with van der Waals surface area (Å²) in [7, 11) is 0. The monoisotopic (exact) mass is 262 g/mol. The summed E-state index contributed by atoms with van der Waals surface area (Å²) in [6.45, 7) is 4.39. The summed E-state index contributed by atoms with van der Waals surface area (Å²) in [6.07, 6.45) is 7.89. The maximum Gasteiger partial charge on any atom is 0.112 e. The first kappa shape index (κ1) is 13.9. The molecule has 0 spiro atoms. The summed E-state index contributed by atoms with van der Waals surface area (Å²) in [5.41, 5.74) is 2.30. The van der Waals surface area contributed by atoms with Crippen LogP contribution in [0.25, 0.3) is 12.2 Å². The molecule has 1 nitrogen and oxygen atoms in total. The van der Waals surface area contributed by atoms with E-state index in [0.29, 0.717) is 12.4 Å². The molecule has 0 aromatic heterocycles. The van der Waals surface area contributed by atoms with E-state index in [1.165, 1.54) is 5.56 Å². The van der Waals surface area contributed by atoms with Crippen molar-refractivity contribution in [1.82, 2.24) is 0 Å². The molecule has 2 aromatic carbocycles. The van der Waals surface area contributed by atoms with Crippen LogP contribution in [0, 0.1) is 0 Å². The van der Waals surface area contributed by atoms with Crippen molar-refractivity contribution in [2.24, 2.45) is 0 Å². The molecule has 0 atom stereocenters. The van der Waals surface area contributed by atoms with E-state index in [0.717, 1.165) is 5.56 Å².